The Balaban J connectivity index is 1.30. The quantitative estimate of drug-likeness (QED) is 0.634. The van der Waals surface area contributed by atoms with Crippen LogP contribution in [0.2, 0.25) is 5.02 Å². The first-order valence-electron chi connectivity index (χ1n) is 10.5. The number of hydrogen-bond acceptors (Lipinski definition) is 9. The van der Waals surface area contributed by atoms with Crippen LogP contribution in [-0.4, -0.2) is 48.0 Å². The van der Waals surface area contributed by atoms with Crippen LogP contribution in [0.25, 0.3) is 0 Å². The van der Waals surface area contributed by atoms with Crippen molar-refractivity contribution in [1.29, 1.82) is 0 Å². The number of hydrogen-bond donors (Lipinski definition) is 3. The zero-order valence-electron chi connectivity index (χ0n) is 17.1. The minimum absolute atomic E-state index is 0.0293. The fraction of sp³-hybridized carbons (Fsp3) is 0.476. The van der Waals surface area contributed by atoms with Crippen molar-refractivity contribution in [3.63, 3.8) is 0 Å². The largest absolute Gasteiger partial charge is 0.490 e. The summed E-state index contributed by atoms with van der Waals surface area (Å²) in [7, 11) is 0. The molecule has 3 aliphatic rings. The van der Waals surface area contributed by atoms with E-state index in [0.717, 1.165) is 48.1 Å². The van der Waals surface area contributed by atoms with E-state index in [2.05, 4.69) is 20.2 Å². The number of Topliss-reactive ketones (excluding diaryl/α,β-unsaturated/α-hetero) is 1. The molecule has 1 aromatic heterocycles. The average molecular weight is 461 g/mol. The monoisotopic (exact) mass is 460 g/mol. The highest BCUT2D eigenvalue weighted by Gasteiger charge is 2.46. The standard InChI is InChI=1S/C21H25ClN6O2S/c22-17-14(2-1-13-18(17)25-5-8-30-13)31-20-19(24)27-16(11-26-20)28-6-3-21(4-7-28)10-12(29)9-15(21)23/h1-2,11,15,25H,3-10,23H2,(H2,24,27)/t15-/m0/s1. The normalized spacial score (nSPS) is 22.2. The first kappa shape index (κ1) is 20.7. The van der Waals surface area contributed by atoms with E-state index >= 15 is 0 Å². The summed E-state index contributed by atoms with van der Waals surface area (Å²) < 4.78 is 5.62. The number of carbonyl (C=O) groups is 1. The van der Waals surface area contributed by atoms with Gasteiger partial charge in [-0.1, -0.05) is 23.4 Å². The number of nitrogens with two attached hydrogens (primary N) is 2. The Labute approximate surface area is 190 Å². The second kappa shape index (κ2) is 8.03. The molecule has 1 saturated carbocycles. The summed E-state index contributed by atoms with van der Waals surface area (Å²) in [4.78, 5) is 24.0. The summed E-state index contributed by atoms with van der Waals surface area (Å²) >= 11 is 7.95. The van der Waals surface area contributed by atoms with Crippen molar-refractivity contribution < 1.29 is 9.53 Å². The number of nitrogens with one attached hydrogen (secondary N) is 1. The number of nitrogen functional groups attached to an aromatic ring is 1. The van der Waals surface area contributed by atoms with Gasteiger partial charge in [0.15, 0.2) is 5.82 Å². The zero-order valence-corrected chi connectivity index (χ0v) is 18.6. The number of nitrogens with zero attached hydrogens (tertiary/aromatic N) is 3. The van der Waals surface area contributed by atoms with Crippen molar-refractivity contribution in [2.75, 3.05) is 42.2 Å². The summed E-state index contributed by atoms with van der Waals surface area (Å²) in [5, 5.41) is 4.48. The fourth-order valence-corrected chi connectivity index (χ4v) is 5.87. The van der Waals surface area contributed by atoms with Gasteiger partial charge in [-0.3, -0.25) is 4.79 Å². The van der Waals surface area contributed by atoms with Crippen LogP contribution >= 0.6 is 23.4 Å². The summed E-state index contributed by atoms with van der Waals surface area (Å²) in [6.45, 7) is 2.93. The molecule has 164 valence electrons. The van der Waals surface area contributed by atoms with Crippen molar-refractivity contribution in [2.24, 2.45) is 11.1 Å². The molecular formula is C21H25ClN6O2S. The maximum atomic E-state index is 11.9. The third-order valence-electron chi connectivity index (χ3n) is 6.55. The van der Waals surface area contributed by atoms with Crippen LogP contribution in [0.4, 0.5) is 17.3 Å². The topological polar surface area (TPSA) is 119 Å². The maximum Gasteiger partial charge on any atom is 0.158 e. The molecule has 5 N–H and O–H groups in total. The molecule has 5 rings (SSSR count). The van der Waals surface area contributed by atoms with E-state index in [1.165, 1.54) is 11.8 Å². The molecule has 1 saturated heterocycles. The number of ketones is 1. The highest BCUT2D eigenvalue weighted by molar-refractivity contribution is 7.99. The summed E-state index contributed by atoms with van der Waals surface area (Å²) in [6.07, 6.45) is 4.64. The second-order valence-corrected chi connectivity index (χ2v) is 9.83. The maximum absolute atomic E-state index is 11.9. The van der Waals surface area contributed by atoms with Gasteiger partial charge in [0.2, 0.25) is 0 Å². The van der Waals surface area contributed by atoms with Gasteiger partial charge in [0.05, 0.1) is 16.9 Å². The Morgan fingerprint density at radius 2 is 2.13 bits per heavy atom. The molecule has 8 nitrogen and oxygen atoms in total. The van der Waals surface area contributed by atoms with Crippen LogP contribution in [0.1, 0.15) is 25.7 Å². The van der Waals surface area contributed by atoms with Gasteiger partial charge < -0.3 is 26.4 Å². The number of ether oxygens (including phenoxy) is 1. The molecule has 2 fully saturated rings. The van der Waals surface area contributed by atoms with Gasteiger partial charge in [0, 0.05) is 43.4 Å². The Kier molecular flexibility index (Phi) is 5.35. The Morgan fingerprint density at radius 3 is 2.84 bits per heavy atom. The fourth-order valence-electron chi connectivity index (χ4n) is 4.74. The highest BCUT2D eigenvalue weighted by Crippen LogP contribution is 2.45. The molecule has 0 amide bonds. The Morgan fingerprint density at radius 1 is 1.32 bits per heavy atom. The van der Waals surface area contributed by atoms with Crippen LogP contribution in [0.3, 0.4) is 0 Å². The van der Waals surface area contributed by atoms with Crippen molar-refractivity contribution >= 4 is 46.5 Å². The summed E-state index contributed by atoms with van der Waals surface area (Å²) in [5.41, 5.74) is 13.3. The van der Waals surface area contributed by atoms with E-state index < -0.39 is 0 Å². The van der Waals surface area contributed by atoms with E-state index in [-0.39, 0.29) is 17.2 Å². The lowest BCUT2D eigenvalue weighted by Gasteiger charge is -2.41. The Hall–Kier alpha value is -2.23. The van der Waals surface area contributed by atoms with E-state index in [4.69, 9.17) is 27.8 Å². The third-order valence-corrected chi connectivity index (χ3v) is 8.13. The molecule has 0 unspecified atom stereocenters. The number of piperidine rings is 1. The van der Waals surface area contributed by atoms with Crippen LogP contribution in [0, 0.1) is 5.41 Å². The lowest BCUT2D eigenvalue weighted by molar-refractivity contribution is -0.118. The first-order chi connectivity index (χ1) is 14.9. The molecule has 0 radical (unpaired) electrons. The molecule has 31 heavy (non-hydrogen) atoms. The number of fused-ring (bicyclic) bond motifs is 1. The van der Waals surface area contributed by atoms with Crippen molar-refractivity contribution in [2.45, 2.75) is 41.6 Å². The SMILES string of the molecule is Nc1nc(N2CCC3(CC2)CC(=O)C[C@@H]3N)cnc1Sc1ccc2c(c1Cl)NCCO2. The zero-order chi connectivity index (χ0) is 21.6. The van der Waals surface area contributed by atoms with Crippen LogP contribution in [0.5, 0.6) is 5.75 Å². The molecule has 10 heteroatoms. The van der Waals surface area contributed by atoms with Crippen molar-refractivity contribution in [3.05, 3.63) is 23.4 Å². The lowest BCUT2D eigenvalue weighted by Crippen LogP contribution is -2.47. The van der Waals surface area contributed by atoms with E-state index in [1.54, 1.807) is 6.20 Å². The number of anilines is 3. The van der Waals surface area contributed by atoms with Crippen LogP contribution in [-0.2, 0) is 4.79 Å². The van der Waals surface area contributed by atoms with Crippen LogP contribution in [0.15, 0.2) is 28.3 Å². The number of aromatic nitrogens is 2. The van der Waals surface area contributed by atoms with Gasteiger partial charge in [0.1, 0.15) is 29.0 Å². The second-order valence-electron chi connectivity index (χ2n) is 8.42. The third kappa shape index (κ3) is 3.79. The highest BCUT2D eigenvalue weighted by atomic mass is 35.5. The van der Waals surface area contributed by atoms with E-state index in [1.807, 2.05) is 12.1 Å². The average Bonchev–Trinajstić information content (AvgIpc) is 3.04. The molecule has 2 aliphatic heterocycles. The number of halogens is 1. The molecule has 1 atom stereocenters. The van der Waals surface area contributed by atoms with Crippen LogP contribution < -0.4 is 26.4 Å². The molecule has 2 aromatic rings. The van der Waals surface area contributed by atoms with Gasteiger partial charge in [-0.2, -0.15) is 0 Å². The minimum Gasteiger partial charge on any atom is -0.490 e. The number of carbonyl (C=O) groups excluding carboxylic acids is 1. The molecule has 1 spiro atoms. The summed E-state index contributed by atoms with van der Waals surface area (Å²) in [6, 6.07) is 3.78. The van der Waals surface area contributed by atoms with Gasteiger partial charge >= 0.3 is 0 Å². The number of rotatable bonds is 3. The Bertz CT molecular complexity index is 1030. The summed E-state index contributed by atoms with van der Waals surface area (Å²) in [5.74, 6) is 2.16. The van der Waals surface area contributed by atoms with Crippen molar-refractivity contribution in [1.82, 2.24) is 9.97 Å². The molecule has 1 aliphatic carbocycles. The predicted octanol–water partition coefficient (Wildman–Crippen LogP) is 2.94. The van der Waals surface area contributed by atoms with Gasteiger partial charge in [-0.25, -0.2) is 9.97 Å². The van der Waals surface area contributed by atoms with Gasteiger partial charge in [-0.15, -0.1) is 0 Å². The van der Waals surface area contributed by atoms with Gasteiger partial charge in [0.25, 0.3) is 0 Å². The minimum atomic E-state index is -0.0523. The number of benzene rings is 1. The first-order valence-corrected chi connectivity index (χ1v) is 11.7. The van der Waals surface area contributed by atoms with E-state index in [0.29, 0.717) is 41.9 Å². The van der Waals surface area contributed by atoms with Gasteiger partial charge in [-0.05, 0) is 30.4 Å². The van der Waals surface area contributed by atoms with E-state index in [9.17, 15) is 4.79 Å². The lowest BCUT2D eigenvalue weighted by atomic mass is 9.74. The van der Waals surface area contributed by atoms with Crippen molar-refractivity contribution in [3.8, 4) is 5.75 Å². The molecule has 1 aromatic carbocycles. The molecular weight excluding hydrogens is 436 g/mol. The molecule has 3 heterocycles. The molecule has 0 bridgehead atoms. The smallest absolute Gasteiger partial charge is 0.158 e. The predicted molar refractivity (Wildman–Crippen MR) is 122 cm³/mol.